The maximum Gasteiger partial charge on any atom is 0.416 e. The van der Waals surface area contributed by atoms with Crippen molar-refractivity contribution in [1.82, 2.24) is 27.4 Å². The molecule has 0 aliphatic heterocycles. The minimum Gasteiger partial charge on any atom is -0.309 e. The fourth-order valence-corrected chi connectivity index (χ4v) is 16.3. The molecule has 6 heterocycles. The predicted molar refractivity (Wildman–Crippen MR) is 393 cm³/mol. The van der Waals surface area contributed by atoms with Gasteiger partial charge in [0.15, 0.2) is 0 Å². The summed E-state index contributed by atoms with van der Waals surface area (Å²) < 4.78 is 108. The van der Waals surface area contributed by atoms with Crippen molar-refractivity contribution in [2.24, 2.45) is 0 Å². The number of nitriles is 1. The minimum atomic E-state index is -5.24. The highest BCUT2D eigenvalue weighted by Crippen LogP contribution is 2.49. The molecule has 14 aromatic carbocycles. The highest BCUT2D eigenvalue weighted by molar-refractivity contribution is 6.17. The van der Waals surface area contributed by atoms with Crippen molar-refractivity contribution >= 4 is 131 Å². The quantitative estimate of drug-likeness (QED) is 0.147. The van der Waals surface area contributed by atoms with Crippen LogP contribution in [0.1, 0.15) is 16.7 Å². The third-order valence-corrected chi connectivity index (χ3v) is 20.4. The topological polar surface area (TPSA) is 53.4 Å². The Hall–Kier alpha value is -13.1. The number of fused-ring (bicyclic) bond motifs is 18. The second kappa shape index (κ2) is 21.0. The molecule has 100 heavy (non-hydrogen) atoms. The molecule has 0 unspecified atom stereocenters. The average molecular weight is 1310 g/mol. The molecule has 0 radical (unpaired) electrons. The molecule has 0 amide bonds. The molecule has 0 atom stereocenters. The standard InChI is InChI=1S/C87H49F6N7/c88-86(89,90)53-43-52(44-54(45-53)87(91,92)93)85-83(99-79-46-55(95-71-25-9-1-17-59(71)60-18-2-10-26-72(60)95)33-37-67(79)68-38-34-56(47-80(68)99)96-73-27-11-3-19-61(73)62-20-4-12-28-74(62)96)41-51(50-94)42-84(85)100-81-48-57(97-75-29-13-5-21-63(75)64-22-6-14-30-76(64)97)35-39-69(81)70-40-36-58(49-82(70)100)98-77-31-15-7-23-65(77)66-24-8-16-32-78(66)98/h1-49H. The van der Waals surface area contributed by atoms with E-state index in [0.717, 1.165) is 144 Å². The molecule has 0 bridgehead atoms. The third kappa shape index (κ3) is 8.28. The van der Waals surface area contributed by atoms with Crippen molar-refractivity contribution in [2.75, 3.05) is 0 Å². The smallest absolute Gasteiger partial charge is 0.309 e. The highest BCUT2D eigenvalue weighted by atomic mass is 19.4. The van der Waals surface area contributed by atoms with Crippen molar-refractivity contribution in [1.29, 1.82) is 5.26 Å². The lowest BCUT2D eigenvalue weighted by Crippen LogP contribution is -2.12. The number of rotatable bonds is 7. The van der Waals surface area contributed by atoms with Gasteiger partial charge in [-0.3, -0.25) is 0 Å². The molecular weight excluding hydrogens is 1260 g/mol. The number of halogens is 6. The summed E-state index contributed by atoms with van der Waals surface area (Å²) in [4.78, 5) is 0. The first kappa shape index (κ1) is 57.2. The Morgan fingerprint density at radius 2 is 0.450 bits per heavy atom. The van der Waals surface area contributed by atoms with Crippen LogP contribution in [0.3, 0.4) is 0 Å². The summed E-state index contributed by atoms with van der Waals surface area (Å²) in [6, 6.07) is 97.1. The van der Waals surface area contributed by atoms with Gasteiger partial charge in [-0.05, 0) is 133 Å². The van der Waals surface area contributed by atoms with Crippen LogP contribution in [-0.4, -0.2) is 27.4 Å². The van der Waals surface area contributed by atoms with Gasteiger partial charge in [-0.15, -0.1) is 0 Å². The maximum absolute atomic E-state index is 15.9. The van der Waals surface area contributed by atoms with Crippen LogP contribution in [0, 0.1) is 11.3 Å². The van der Waals surface area contributed by atoms with Gasteiger partial charge in [0.2, 0.25) is 0 Å². The summed E-state index contributed by atoms with van der Waals surface area (Å²) in [6.07, 6.45) is -10.5. The molecule has 20 rings (SSSR count). The number of alkyl halides is 6. The van der Waals surface area contributed by atoms with Gasteiger partial charge in [-0.25, -0.2) is 0 Å². The molecular formula is C87H49F6N7. The number of aromatic nitrogens is 6. The van der Waals surface area contributed by atoms with Gasteiger partial charge in [0.1, 0.15) is 0 Å². The van der Waals surface area contributed by atoms with Crippen LogP contribution < -0.4 is 0 Å². The molecule has 474 valence electrons. The summed E-state index contributed by atoms with van der Waals surface area (Å²) in [6.45, 7) is 0. The second-order valence-corrected chi connectivity index (χ2v) is 25.8. The van der Waals surface area contributed by atoms with Crippen LogP contribution in [0.5, 0.6) is 0 Å². The molecule has 0 saturated heterocycles. The van der Waals surface area contributed by atoms with E-state index in [4.69, 9.17) is 0 Å². The first-order valence-corrected chi connectivity index (χ1v) is 32.8. The number of hydrogen-bond donors (Lipinski definition) is 0. The molecule has 0 saturated carbocycles. The Kier molecular flexibility index (Phi) is 12.0. The molecule has 0 spiro atoms. The first-order chi connectivity index (χ1) is 48.8. The lowest BCUT2D eigenvalue weighted by atomic mass is 9.94. The van der Waals surface area contributed by atoms with E-state index >= 15 is 26.3 Å². The second-order valence-electron chi connectivity index (χ2n) is 25.8. The van der Waals surface area contributed by atoms with E-state index in [0.29, 0.717) is 22.1 Å². The van der Waals surface area contributed by atoms with Gasteiger partial charge in [0.05, 0.1) is 100 Å². The van der Waals surface area contributed by atoms with E-state index in [2.05, 4.69) is 121 Å². The number of hydrogen-bond acceptors (Lipinski definition) is 1. The molecule has 0 aliphatic rings. The van der Waals surface area contributed by atoms with E-state index in [1.807, 2.05) is 179 Å². The van der Waals surface area contributed by atoms with Gasteiger partial charge >= 0.3 is 12.4 Å². The lowest BCUT2D eigenvalue weighted by Gasteiger charge is -2.23. The van der Waals surface area contributed by atoms with Gasteiger partial charge < -0.3 is 27.4 Å². The largest absolute Gasteiger partial charge is 0.416 e. The van der Waals surface area contributed by atoms with Crippen molar-refractivity contribution in [3.63, 3.8) is 0 Å². The Morgan fingerprint density at radius 3 is 0.670 bits per heavy atom. The fraction of sp³-hybridized carbons (Fsp3) is 0.0230. The van der Waals surface area contributed by atoms with Crippen LogP contribution in [0.2, 0.25) is 0 Å². The van der Waals surface area contributed by atoms with E-state index < -0.39 is 23.5 Å². The van der Waals surface area contributed by atoms with Crippen LogP contribution >= 0.6 is 0 Å². The van der Waals surface area contributed by atoms with Crippen molar-refractivity contribution < 1.29 is 26.3 Å². The summed E-state index contributed by atoms with van der Waals surface area (Å²) in [5.41, 5.74) is 9.67. The van der Waals surface area contributed by atoms with Crippen LogP contribution in [0.15, 0.2) is 297 Å². The molecule has 0 aliphatic carbocycles. The fourth-order valence-electron chi connectivity index (χ4n) is 16.3. The van der Waals surface area contributed by atoms with E-state index in [1.165, 1.54) is 0 Å². The van der Waals surface area contributed by atoms with Crippen LogP contribution in [-0.2, 0) is 12.4 Å². The maximum atomic E-state index is 15.9. The Balaban J connectivity index is 0.976. The third-order valence-electron chi connectivity index (χ3n) is 20.4. The van der Waals surface area contributed by atoms with E-state index in [-0.39, 0.29) is 34.1 Å². The van der Waals surface area contributed by atoms with Crippen LogP contribution in [0.4, 0.5) is 26.3 Å². The minimum absolute atomic E-state index is 0.00210. The van der Waals surface area contributed by atoms with Gasteiger partial charge in [-0.1, -0.05) is 170 Å². The first-order valence-electron chi connectivity index (χ1n) is 32.8. The van der Waals surface area contributed by atoms with E-state index in [1.54, 1.807) is 12.1 Å². The predicted octanol–water partition coefficient (Wildman–Crippen LogP) is 23.8. The monoisotopic (exact) mass is 1310 g/mol. The number of nitrogens with zero attached hydrogens (tertiary/aromatic N) is 7. The van der Waals surface area contributed by atoms with Crippen molar-refractivity contribution in [3.8, 4) is 51.3 Å². The summed E-state index contributed by atoms with van der Waals surface area (Å²) in [5, 5.41) is 22.9. The Bertz CT molecular complexity index is 6020. The van der Waals surface area contributed by atoms with Crippen LogP contribution in [0.25, 0.3) is 176 Å². The van der Waals surface area contributed by atoms with Gasteiger partial charge in [0.25, 0.3) is 0 Å². The van der Waals surface area contributed by atoms with Gasteiger partial charge in [0, 0.05) is 92.9 Å². The Morgan fingerprint density at radius 1 is 0.230 bits per heavy atom. The highest BCUT2D eigenvalue weighted by Gasteiger charge is 2.38. The number of benzene rings is 14. The lowest BCUT2D eigenvalue weighted by molar-refractivity contribution is -0.143. The van der Waals surface area contributed by atoms with Crippen molar-refractivity contribution in [2.45, 2.75) is 12.4 Å². The Labute approximate surface area is 564 Å². The van der Waals surface area contributed by atoms with E-state index in [9.17, 15) is 5.26 Å². The molecule has 13 heteroatoms. The zero-order valence-corrected chi connectivity index (χ0v) is 52.7. The summed E-state index contributed by atoms with van der Waals surface area (Å²) >= 11 is 0. The number of para-hydroxylation sites is 8. The molecule has 6 aromatic heterocycles. The SMILES string of the molecule is N#Cc1cc(-n2c3cc(-n4c5ccccc5c5ccccc54)ccc3c3ccc(-n4c5ccccc5c5ccccc54)cc32)c(-c2cc(C(F)(F)F)cc(C(F)(F)F)c2)c(-n2c3cc(-n4c5ccccc5c5ccccc54)ccc3c3ccc(-n4c5ccccc5c5ccccc54)cc32)c1. The summed E-state index contributed by atoms with van der Waals surface area (Å²) in [5.74, 6) is 0. The molecule has 0 N–H and O–H groups in total. The summed E-state index contributed by atoms with van der Waals surface area (Å²) in [7, 11) is 0. The normalized spacial score (nSPS) is 12.5. The molecule has 7 nitrogen and oxygen atoms in total. The zero-order valence-electron chi connectivity index (χ0n) is 52.7. The zero-order chi connectivity index (χ0) is 67.0. The molecule has 20 aromatic rings. The van der Waals surface area contributed by atoms with Gasteiger partial charge in [-0.2, -0.15) is 31.6 Å². The average Bonchev–Trinajstić information content (AvgIpc) is 1.54. The molecule has 0 fully saturated rings. The van der Waals surface area contributed by atoms with Crippen molar-refractivity contribution in [3.05, 3.63) is 314 Å².